The second-order valence-corrected chi connectivity index (χ2v) is 4.43. The first kappa shape index (κ1) is 13.0. The fraction of sp³-hybridized carbons (Fsp3) is 0.818. The van der Waals surface area contributed by atoms with E-state index in [0.717, 1.165) is 0 Å². The molecule has 1 rings (SSSR count). The molecule has 0 spiro atoms. The highest BCUT2D eigenvalue weighted by Crippen LogP contribution is 2.37. The van der Waals surface area contributed by atoms with E-state index < -0.39 is 23.8 Å². The molecule has 0 aliphatic carbocycles. The maximum absolute atomic E-state index is 11.6. The maximum atomic E-state index is 11.6. The van der Waals surface area contributed by atoms with Crippen molar-refractivity contribution >= 4 is 11.9 Å². The van der Waals surface area contributed by atoms with Crippen LogP contribution in [0.1, 0.15) is 26.7 Å². The van der Waals surface area contributed by atoms with E-state index in [1.54, 1.807) is 6.92 Å². The maximum Gasteiger partial charge on any atom is 0.309 e. The van der Waals surface area contributed by atoms with E-state index >= 15 is 0 Å². The second kappa shape index (κ2) is 4.82. The van der Waals surface area contributed by atoms with Crippen LogP contribution in [0.4, 0.5) is 0 Å². The molecule has 1 aliphatic heterocycles. The molecule has 1 heterocycles. The molecular formula is C11H18O5. The van der Waals surface area contributed by atoms with Gasteiger partial charge in [0.1, 0.15) is 0 Å². The molecular weight excluding hydrogens is 212 g/mol. The number of carboxylic acid groups (broad SMARTS) is 1. The Morgan fingerprint density at radius 2 is 2.06 bits per heavy atom. The Labute approximate surface area is 94.7 Å². The number of aliphatic carboxylic acids is 1. The van der Waals surface area contributed by atoms with Crippen LogP contribution in [0.2, 0.25) is 0 Å². The summed E-state index contributed by atoms with van der Waals surface area (Å²) < 4.78 is 9.86. The molecule has 0 bridgehead atoms. The van der Waals surface area contributed by atoms with Gasteiger partial charge < -0.3 is 14.6 Å². The zero-order valence-electron chi connectivity index (χ0n) is 9.86. The summed E-state index contributed by atoms with van der Waals surface area (Å²) in [6.07, 6.45) is 0.815. The van der Waals surface area contributed by atoms with Crippen molar-refractivity contribution in [3.05, 3.63) is 0 Å². The van der Waals surface area contributed by atoms with E-state index in [9.17, 15) is 9.59 Å². The van der Waals surface area contributed by atoms with E-state index in [1.807, 2.05) is 6.92 Å². The van der Waals surface area contributed by atoms with Gasteiger partial charge >= 0.3 is 11.9 Å². The number of ether oxygens (including phenoxy) is 2. The molecule has 5 heteroatoms. The molecule has 0 aromatic carbocycles. The van der Waals surface area contributed by atoms with Crippen molar-refractivity contribution in [3.8, 4) is 0 Å². The van der Waals surface area contributed by atoms with E-state index in [-0.39, 0.29) is 5.60 Å². The summed E-state index contributed by atoms with van der Waals surface area (Å²) in [6.45, 7) is 4.21. The van der Waals surface area contributed by atoms with Crippen molar-refractivity contribution < 1.29 is 24.2 Å². The summed E-state index contributed by atoms with van der Waals surface area (Å²) >= 11 is 0. The number of esters is 1. The molecule has 16 heavy (non-hydrogen) atoms. The van der Waals surface area contributed by atoms with Gasteiger partial charge in [-0.05, 0) is 19.8 Å². The largest absolute Gasteiger partial charge is 0.481 e. The highest BCUT2D eigenvalue weighted by molar-refractivity contribution is 5.81. The van der Waals surface area contributed by atoms with Crippen LogP contribution < -0.4 is 0 Å². The zero-order valence-corrected chi connectivity index (χ0v) is 9.86. The highest BCUT2D eigenvalue weighted by atomic mass is 16.6. The summed E-state index contributed by atoms with van der Waals surface area (Å²) in [4.78, 5) is 22.6. The fourth-order valence-corrected chi connectivity index (χ4v) is 1.88. The Morgan fingerprint density at radius 1 is 1.50 bits per heavy atom. The lowest BCUT2D eigenvalue weighted by molar-refractivity contribution is -0.156. The van der Waals surface area contributed by atoms with Gasteiger partial charge in [-0.25, -0.2) is 0 Å². The van der Waals surface area contributed by atoms with Gasteiger partial charge in [-0.1, -0.05) is 6.92 Å². The minimum absolute atomic E-state index is 0.346. The van der Waals surface area contributed by atoms with Crippen molar-refractivity contribution in [1.82, 2.24) is 0 Å². The lowest BCUT2D eigenvalue weighted by atomic mass is 9.83. The van der Waals surface area contributed by atoms with Crippen molar-refractivity contribution in [3.63, 3.8) is 0 Å². The Hall–Kier alpha value is -1.10. The standard InChI is InChI=1S/C11H18O5/c1-4-7(9(12)13)8(10(14)15-3)5-11(2)6-16-11/h7-8H,4-6H2,1-3H3,(H,12,13). The first-order chi connectivity index (χ1) is 7.43. The third kappa shape index (κ3) is 2.95. The second-order valence-electron chi connectivity index (χ2n) is 4.43. The van der Waals surface area contributed by atoms with Gasteiger partial charge in [0.25, 0.3) is 0 Å². The molecule has 1 fully saturated rings. The number of rotatable bonds is 6. The fourth-order valence-electron chi connectivity index (χ4n) is 1.88. The molecule has 5 nitrogen and oxygen atoms in total. The number of carbonyl (C=O) groups is 2. The average Bonchev–Trinajstić information content (AvgIpc) is 2.94. The Bertz CT molecular complexity index is 282. The third-order valence-electron chi connectivity index (χ3n) is 3.04. The Morgan fingerprint density at radius 3 is 2.38 bits per heavy atom. The molecule has 1 aliphatic rings. The molecule has 1 saturated heterocycles. The molecule has 0 saturated carbocycles. The average molecular weight is 230 g/mol. The summed E-state index contributed by atoms with van der Waals surface area (Å²) in [5, 5.41) is 9.06. The van der Waals surface area contributed by atoms with E-state index in [4.69, 9.17) is 9.84 Å². The lowest BCUT2D eigenvalue weighted by Crippen LogP contribution is -2.33. The molecule has 92 valence electrons. The number of carboxylic acids is 1. The predicted octanol–water partition coefficient (Wildman–Crippen LogP) is 1.07. The molecule has 0 aromatic heterocycles. The molecule has 3 unspecified atom stereocenters. The molecule has 3 atom stereocenters. The SMILES string of the molecule is CCC(C(=O)O)C(CC1(C)CO1)C(=O)OC. The van der Waals surface area contributed by atoms with Gasteiger partial charge in [0.15, 0.2) is 0 Å². The number of carbonyl (C=O) groups excluding carboxylic acids is 1. The van der Waals surface area contributed by atoms with Gasteiger partial charge in [0.2, 0.25) is 0 Å². The molecule has 0 amide bonds. The van der Waals surface area contributed by atoms with Gasteiger partial charge in [-0.3, -0.25) is 9.59 Å². The van der Waals surface area contributed by atoms with Gasteiger partial charge in [0, 0.05) is 0 Å². The van der Waals surface area contributed by atoms with Crippen LogP contribution in [0.15, 0.2) is 0 Å². The number of epoxide rings is 1. The molecule has 0 aromatic rings. The topological polar surface area (TPSA) is 76.1 Å². The summed E-state index contributed by atoms with van der Waals surface area (Å²) in [5.74, 6) is -2.75. The van der Waals surface area contributed by atoms with Crippen molar-refractivity contribution in [2.75, 3.05) is 13.7 Å². The number of hydrogen-bond donors (Lipinski definition) is 1. The Balaban J connectivity index is 2.76. The minimum atomic E-state index is -0.956. The van der Waals surface area contributed by atoms with E-state index in [1.165, 1.54) is 7.11 Å². The summed E-state index contributed by atoms with van der Waals surface area (Å²) in [7, 11) is 1.28. The van der Waals surface area contributed by atoms with Crippen LogP contribution in [-0.4, -0.2) is 36.4 Å². The normalized spacial score (nSPS) is 26.9. The number of methoxy groups -OCH3 is 1. The molecule has 1 N–H and O–H groups in total. The van der Waals surface area contributed by atoms with Crippen LogP contribution in [-0.2, 0) is 19.1 Å². The Kier molecular flexibility index (Phi) is 3.91. The van der Waals surface area contributed by atoms with Gasteiger partial charge in [-0.2, -0.15) is 0 Å². The number of hydrogen-bond acceptors (Lipinski definition) is 4. The monoisotopic (exact) mass is 230 g/mol. The van der Waals surface area contributed by atoms with Crippen LogP contribution in [0.5, 0.6) is 0 Å². The van der Waals surface area contributed by atoms with Crippen molar-refractivity contribution in [1.29, 1.82) is 0 Å². The highest BCUT2D eigenvalue weighted by Gasteiger charge is 2.46. The van der Waals surface area contributed by atoms with Crippen molar-refractivity contribution in [2.45, 2.75) is 32.3 Å². The van der Waals surface area contributed by atoms with Crippen LogP contribution >= 0.6 is 0 Å². The first-order valence-corrected chi connectivity index (χ1v) is 5.38. The smallest absolute Gasteiger partial charge is 0.309 e. The van der Waals surface area contributed by atoms with Gasteiger partial charge in [0.05, 0.1) is 31.2 Å². The van der Waals surface area contributed by atoms with Crippen LogP contribution in [0, 0.1) is 11.8 Å². The van der Waals surface area contributed by atoms with Crippen molar-refractivity contribution in [2.24, 2.45) is 11.8 Å². The van der Waals surface area contributed by atoms with E-state index in [2.05, 4.69) is 4.74 Å². The quantitative estimate of drug-likeness (QED) is 0.545. The lowest BCUT2D eigenvalue weighted by Gasteiger charge is -2.22. The summed E-state index contributed by atoms with van der Waals surface area (Å²) in [5.41, 5.74) is -0.346. The van der Waals surface area contributed by atoms with Crippen LogP contribution in [0.25, 0.3) is 0 Å². The molecule has 0 radical (unpaired) electrons. The van der Waals surface area contributed by atoms with Gasteiger partial charge in [-0.15, -0.1) is 0 Å². The zero-order chi connectivity index (χ0) is 12.3. The van der Waals surface area contributed by atoms with E-state index in [0.29, 0.717) is 19.4 Å². The third-order valence-corrected chi connectivity index (χ3v) is 3.04. The van der Waals surface area contributed by atoms with Crippen LogP contribution in [0.3, 0.4) is 0 Å². The minimum Gasteiger partial charge on any atom is -0.481 e. The predicted molar refractivity (Wildman–Crippen MR) is 55.9 cm³/mol. The first-order valence-electron chi connectivity index (χ1n) is 5.38. The summed E-state index contributed by atoms with van der Waals surface area (Å²) in [6, 6.07) is 0.